The van der Waals surface area contributed by atoms with Crippen molar-refractivity contribution in [2.24, 2.45) is 22.7 Å². The summed E-state index contributed by atoms with van der Waals surface area (Å²) in [7, 11) is -3.54. The molecule has 27 heavy (non-hydrogen) atoms. The van der Waals surface area contributed by atoms with Crippen LogP contribution in [0.3, 0.4) is 0 Å². The second-order valence-electron chi connectivity index (χ2n) is 9.44. The van der Waals surface area contributed by atoms with Crippen LogP contribution in [-0.2, 0) is 14.8 Å². The fraction of sp³-hybridized carbons (Fsp3) is 0.619. The highest BCUT2D eigenvalue weighted by Crippen LogP contribution is 2.70. The summed E-state index contributed by atoms with van der Waals surface area (Å²) in [5.41, 5.74) is 1.34. The van der Waals surface area contributed by atoms with Gasteiger partial charge in [-0.1, -0.05) is 26.0 Å². The van der Waals surface area contributed by atoms with Crippen LogP contribution >= 0.6 is 0 Å². The summed E-state index contributed by atoms with van der Waals surface area (Å²) >= 11 is 0. The van der Waals surface area contributed by atoms with Crippen molar-refractivity contribution >= 4 is 15.9 Å². The largest absolute Gasteiger partial charge is 0.273 e. The van der Waals surface area contributed by atoms with E-state index < -0.39 is 10.0 Å². The first-order chi connectivity index (χ1) is 12.7. The van der Waals surface area contributed by atoms with Crippen molar-refractivity contribution in [2.45, 2.75) is 51.5 Å². The van der Waals surface area contributed by atoms with Gasteiger partial charge < -0.3 is 0 Å². The second kappa shape index (κ2) is 5.14. The zero-order valence-electron chi connectivity index (χ0n) is 15.7. The van der Waals surface area contributed by atoms with Crippen LogP contribution in [0, 0.1) is 34.0 Å². The van der Waals surface area contributed by atoms with Crippen molar-refractivity contribution < 1.29 is 13.2 Å². The maximum Gasteiger partial charge on any atom is 0.240 e. The molecule has 4 aliphatic rings. The lowest BCUT2D eigenvalue weighted by molar-refractivity contribution is -0.130. The molecule has 1 saturated heterocycles. The number of hydrogen-bond donors (Lipinski definition) is 0. The van der Waals surface area contributed by atoms with Crippen LogP contribution in [0.4, 0.5) is 0 Å². The predicted octanol–water partition coefficient (Wildman–Crippen LogP) is 3.03. The molecule has 1 aromatic carbocycles. The van der Waals surface area contributed by atoms with Crippen LogP contribution in [0.15, 0.2) is 24.3 Å². The summed E-state index contributed by atoms with van der Waals surface area (Å²) < 4.78 is 27.3. The topological polar surface area (TPSA) is 78.2 Å². The van der Waals surface area contributed by atoms with Gasteiger partial charge in [0.2, 0.25) is 15.9 Å². The number of benzene rings is 1. The molecule has 5 atom stereocenters. The van der Waals surface area contributed by atoms with Gasteiger partial charge in [-0.15, -0.1) is 0 Å². The third-order valence-corrected chi connectivity index (χ3v) is 10.1. The van der Waals surface area contributed by atoms with Crippen molar-refractivity contribution in [2.75, 3.05) is 5.75 Å². The van der Waals surface area contributed by atoms with Crippen LogP contribution in [0.2, 0.25) is 0 Å². The minimum absolute atomic E-state index is 0.0180. The first-order valence-corrected chi connectivity index (χ1v) is 11.4. The fourth-order valence-corrected chi connectivity index (χ4v) is 8.97. The molecule has 0 aromatic heterocycles. The Balaban J connectivity index is 1.42. The second-order valence-corrected chi connectivity index (χ2v) is 11.3. The minimum Gasteiger partial charge on any atom is -0.273 e. The van der Waals surface area contributed by atoms with Crippen LogP contribution < -0.4 is 0 Å². The van der Waals surface area contributed by atoms with Gasteiger partial charge in [0.15, 0.2) is 0 Å². The molecule has 3 aliphatic carbocycles. The van der Waals surface area contributed by atoms with Gasteiger partial charge in [0.1, 0.15) is 0 Å². The lowest BCUT2D eigenvalue weighted by atomic mass is 9.69. The van der Waals surface area contributed by atoms with Crippen molar-refractivity contribution in [3.05, 3.63) is 35.4 Å². The summed E-state index contributed by atoms with van der Waals surface area (Å²) in [6.07, 6.45) is 3.52. The van der Waals surface area contributed by atoms with E-state index in [0.717, 1.165) is 24.8 Å². The average Bonchev–Trinajstić information content (AvgIpc) is 3.29. The third kappa shape index (κ3) is 2.09. The van der Waals surface area contributed by atoms with E-state index in [2.05, 4.69) is 19.9 Å². The van der Waals surface area contributed by atoms with Gasteiger partial charge in [0.25, 0.3) is 0 Å². The highest BCUT2D eigenvalue weighted by atomic mass is 32.2. The summed E-state index contributed by atoms with van der Waals surface area (Å²) in [5.74, 6) is 0.277. The van der Waals surface area contributed by atoms with Gasteiger partial charge in [-0.3, -0.25) is 4.79 Å². The summed E-state index contributed by atoms with van der Waals surface area (Å²) in [4.78, 5) is 13.3. The lowest BCUT2D eigenvalue weighted by Crippen LogP contribution is -2.44. The molecule has 4 fully saturated rings. The zero-order chi connectivity index (χ0) is 19.2. The lowest BCUT2D eigenvalue weighted by Gasteiger charge is -2.37. The molecule has 1 aliphatic heterocycles. The van der Waals surface area contributed by atoms with E-state index in [9.17, 15) is 13.2 Å². The van der Waals surface area contributed by atoms with Crippen LogP contribution in [0.1, 0.15) is 56.6 Å². The van der Waals surface area contributed by atoms with E-state index in [1.165, 1.54) is 4.31 Å². The molecular formula is C21H24N2O3S. The maximum absolute atomic E-state index is 13.3. The Bertz CT molecular complexity index is 976. The number of nitrogens with zero attached hydrogens (tertiary/aromatic N) is 2. The number of nitriles is 1. The number of hydrogen-bond acceptors (Lipinski definition) is 4. The molecule has 0 N–H and O–H groups in total. The van der Waals surface area contributed by atoms with E-state index in [1.807, 2.05) is 12.1 Å². The molecule has 6 heteroatoms. The summed E-state index contributed by atoms with van der Waals surface area (Å²) in [6.45, 7) is 4.40. The molecule has 5 nitrogen and oxygen atoms in total. The van der Waals surface area contributed by atoms with Crippen LogP contribution in [0.25, 0.3) is 0 Å². The minimum atomic E-state index is -3.54. The van der Waals surface area contributed by atoms with E-state index in [0.29, 0.717) is 17.9 Å². The smallest absolute Gasteiger partial charge is 0.240 e. The number of rotatable bonds is 2. The Morgan fingerprint density at radius 3 is 2.56 bits per heavy atom. The molecule has 1 amide bonds. The molecule has 142 valence electrons. The normalized spacial score (nSPS) is 39.8. The monoisotopic (exact) mass is 384 g/mol. The van der Waals surface area contributed by atoms with Crippen LogP contribution in [-0.4, -0.2) is 30.4 Å². The van der Waals surface area contributed by atoms with Crippen molar-refractivity contribution in [1.29, 1.82) is 5.26 Å². The van der Waals surface area contributed by atoms with Crippen molar-refractivity contribution in [1.82, 2.24) is 4.31 Å². The number of carbonyl (C=O) groups is 1. The quantitative estimate of drug-likeness (QED) is 0.785. The van der Waals surface area contributed by atoms with Gasteiger partial charge in [0.05, 0.1) is 23.4 Å². The Morgan fingerprint density at radius 1 is 1.22 bits per heavy atom. The van der Waals surface area contributed by atoms with Crippen molar-refractivity contribution in [3.63, 3.8) is 0 Å². The number of fused-ring (bicyclic) bond motifs is 1. The first kappa shape index (κ1) is 17.2. The Labute approximate surface area is 160 Å². The maximum atomic E-state index is 13.3. The molecule has 1 aromatic rings. The third-order valence-electron chi connectivity index (χ3n) is 8.20. The van der Waals surface area contributed by atoms with E-state index >= 15 is 0 Å². The first-order valence-electron chi connectivity index (χ1n) is 9.77. The van der Waals surface area contributed by atoms with E-state index in [1.54, 1.807) is 12.1 Å². The van der Waals surface area contributed by atoms with Gasteiger partial charge in [-0.25, -0.2) is 12.7 Å². The van der Waals surface area contributed by atoms with Gasteiger partial charge in [-0.2, -0.15) is 5.26 Å². The van der Waals surface area contributed by atoms with Gasteiger partial charge in [-0.05, 0) is 60.6 Å². The molecule has 3 saturated carbocycles. The molecule has 5 rings (SSSR count). The predicted molar refractivity (Wildman–Crippen MR) is 100.0 cm³/mol. The van der Waals surface area contributed by atoms with E-state index in [4.69, 9.17) is 5.26 Å². The zero-order valence-corrected chi connectivity index (χ0v) is 16.5. The number of carbonyl (C=O) groups excluding carboxylic acids is 1. The van der Waals surface area contributed by atoms with Crippen LogP contribution in [0.5, 0.6) is 0 Å². The number of amides is 1. The van der Waals surface area contributed by atoms with E-state index in [-0.39, 0.29) is 40.4 Å². The van der Waals surface area contributed by atoms with Gasteiger partial charge in [0, 0.05) is 11.3 Å². The standard InChI is InChI=1S/C21H24N2O3S/c1-20(2)15-7-8-21(20)12-27(25,26)23(18(21)9-15)19(24)17-10-16(17)14-5-3-13(11-22)4-6-14/h3-6,15-18H,7-10,12H2,1-2H3/t15-,16+,17-,18-,21-/m1/s1. The highest BCUT2D eigenvalue weighted by molar-refractivity contribution is 7.90. The van der Waals surface area contributed by atoms with Crippen molar-refractivity contribution in [3.8, 4) is 6.07 Å². The van der Waals surface area contributed by atoms with Gasteiger partial charge >= 0.3 is 0 Å². The SMILES string of the molecule is CC1(C)[C@@H]2CC[C@]13CS(=O)(=O)N(C(=O)[C@@H]1C[C@H]1c1ccc(C#N)cc1)[C@@H]3C2. The molecule has 0 radical (unpaired) electrons. The Kier molecular flexibility index (Phi) is 3.28. The average molecular weight is 385 g/mol. The molecular weight excluding hydrogens is 360 g/mol. The molecule has 1 spiro atoms. The Hall–Kier alpha value is -1.87. The highest BCUT2D eigenvalue weighted by Gasteiger charge is 2.73. The fourth-order valence-electron chi connectivity index (χ4n) is 6.38. The molecule has 1 heterocycles. The molecule has 0 unspecified atom stereocenters. The number of sulfonamides is 1. The summed E-state index contributed by atoms with van der Waals surface area (Å²) in [6, 6.07) is 9.24. The Morgan fingerprint density at radius 2 is 1.93 bits per heavy atom. The summed E-state index contributed by atoms with van der Waals surface area (Å²) in [5, 5.41) is 8.93. The molecule has 2 bridgehead atoms.